The first-order chi connectivity index (χ1) is 8.00. The largest absolute Gasteiger partial charge is 0.308 e. The predicted octanol–water partition coefficient (Wildman–Crippen LogP) is 2.32. The lowest BCUT2D eigenvalue weighted by Crippen LogP contribution is -2.43. The number of hydrogen-bond donors (Lipinski definition) is 1. The Hall–Kier alpha value is -0.930. The van der Waals surface area contributed by atoms with Crippen molar-refractivity contribution in [2.24, 2.45) is 5.92 Å². The van der Waals surface area contributed by atoms with Crippen LogP contribution in [-0.2, 0) is 0 Å². The maximum atomic E-state index is 4.39. The molecule has 0 aliphatic heterocycles. The molecule has 2 unspecified atom stereocenters. The fourth-order valence-corrected chi connectivity index (χ4v) is 1.89. The zero-order valence-electron chi connectivity index (χ0n) is 11.6. The molecule has 1 heterocycles. The average Bonchev–Trinajstić information content (AvgIpc) is 2.28. The van der Waals surface area contributed by atoms with Crippen LogP contribution in [0.15, 0.2) is 24.4 Å². The van der Waals surface area contributed by atoms with Crippen LogP contribution in [0.1, 0.15) is 32.5 Å². The third kappa shape index (κ3) is 4.84. The van der Waals surface area contributed by atoms with Crippen LogP contribution in [0.2, 0.25) is 0 Å². The van der Waals surface area contributed by atoms with Crippen LogP contribution in [0.25, 0.3) is 0 Å². The lowest BCUT2D eigenvalue weighted by atomic mass is 10.0. The van der Waals surface area contributed by atoms with Crippen LogP contribution >= 0.6 is 0 Å². The Bertz CT molecular complexity index is 309. The van der Waals surface area contributed by atoms with Gasteiger partial charge in [0, 0.05) is 24.8 Å². The molecule has 0 aliphatic carbocycles. The lowest BCUT2D eigenvalue weighted by molar-refractivity contribution is 0.272. The van der Waals surface area contributed by atoms with Crippen molar-refractivity contribution < 1.29 is 0 Å². The van der Waals surface area contributed by atoms with E-state index in [-0.39, 0.29) is 0 Å². The van der Waals surface area contributed by atoms with Gasteiger partial charge in [0.1, 0.15) is 0 Å². The summed E-state index contributed by atoms with van der Waals surface area (Å²) in [6.45, 7) is 7.74. The Balaban J connectivity index is 2.61. The highest BCUT2D eigenvalue weighted by Gasteiger charge is 2.17. The molecular weight excluding hydrogens is 210 g/mol. The minimum absolute atomic E-state index is 0.295. The summed E-state index contributed by atoms with van der Waals surface area (Å²) in [7, 11) is 4.23. The molecule has 1 N–H and O–H groups in total. The third-order valence-corrected chi connectivity index (χ3v) is 2.96. The lowest BCUT2D eigenvalue weighted by Gasteiger charge is -2.28. The van der Waals surface area contributed by atoms with Crippen molar-refractivity contribution in [1.82, 2.24) is 15.2 Å². The number of aromatic nitrogens is 1. The summed E-state index contributed by atoms with van der Waals surface area (Å²) in [6, 6.07) is 6.85. The molecule has 0 bridgehead atoms. The fraction of sp³-hybridized carbons (Fsp3) is 0.643. The predicted molar refractivity (Wildman–Crippen MR) is 73.0 cm³/mol. The quantitative estimate of drug-likeness (QED) is 0.820. The van der Waals surface area contributed by atoms with Crippen molar-refractivity contribution >= 4 is 0 Å². The smallest absolute Gasteiger partial charge is 0.0570 e. The zero-order chi connectivity index (χ0) is 12.8. The molecule has 0 aliphatic rings. The van der Waals surface area contributed by atoms with Crippen LogP contribution in [0.5, 0.6) is 0 Å². The summed E-state index contributed by atoms with van der Waals surface area (Å²) >= 11 is 0. The molecule has 17 heavy (non-hydrogen) atoms. The van der Waals surface area contributed by atoms with E-state index < -0.39 is 0 Å². The topological polar surface area (TPSA) is 28.2 Å². The summed E-state index contributed by atoms with van der Waals surface area (Å²) in [5.41, 5.74) is 1.11. The molecule has 0 saturated heterocycles. The molecule has 1 aromatic rings. The van der Waals surface area contributed by atoms with Gasteiger partial charge in [-0.15, -0.1) is 0 Å². The highest BCUT2D eigenvalue weighted by atomic mass is 15.1. The summed E-state index contributed by atoms with van der Waals surface area (Å²) in [6.07, 6.45) is 1.85. The third-order valence-electron chi connectivity index (χ3n) is 2.96. The van der Waals surface area contributed by atoms with Crippen LogP contribution < -0.4 is 5.32 Å². The zero-order valence-corrected chi connectivity index (χ0v) is 11.6. The highest BCUT2D eigenvalue weighted by Crippen LogP contribution is 2.12. The van der Waals surface area contributed by atoms with Gasteiger partial charge in [0.05, 0.1) is 5.69 Å². The second-order valence-electron chi connectivity index (χ2n) is 5.26. The molecule has 0 fully saturated rings. The fourth-order valence-electron chi connectivity index (χ4n) is 1.89. The number of rotatable bonds is 6. The molecule has 96 valence electrons. The normalized spacial score (nSPS) is 15.2. The van der Waals surface area contributed by atoms with Gasteiger partial charge in [0.2, 0.25) is 0 Å². The van der Waals surface area contributed by atoms with Gasteiger partial charge in [-0.25, -0.2) is 0 Å². The minimum Gasteiger partial charge on any atom is -0.308 e. The van der Waals surface area contributed by atoms with Gasteiger partial charge in [-0.05, 0) is 39.1 Å². The average molecular weight is 235 g/mol. The first kappa shape index (κ1) is 14.1. The van der Waals surface area contributed by atoms with E-state index in [0.29, 0.717) is 18.0 Å². The van der Waals surface area contributed by atoms with Gasteiger partial charge >= 0.3 is 0 Å². The molecule has 3 heteroatoms. The van der Waals surface area contributed by atoms with Crippen molar-refractivity contribution in [3.8, 4) is 0 Å². The van der Waals surface area contributed by atoms with E-state index in [1.54, 1.807) is 0 Å². The standard InChI is InChI=1S/C14H25N3/c1-11(2)14(10-17(4)5)16-12(3)13-8-6-7-9-15-13/h6-9,11-12,14,16H,10H2,1-5H3. The van der Waals surface area contributed by atoms with Gasteiger partial charge in [0.25, 0.3) is 0 Å². The summed E-state index contributed by atoms with van der Waals surface area (Å²) in [4.78, 5) is 6.62. The van der Waals surface area contributed by atoms with E-state index in [4.69, 9.17) is 0 Å². The van der Waals surface area contributed by atoms with Crippen molar-refractivity contribution in [2.45, 2.75) is 32.9 Å². The Kier molecular flexibility index (Phi) is 5.59. The Morgan fingerprint density at radius 3 is 2.41 bits per heavy atom. The summed E-state index contributed by atoms with van der Waals surface area (Å²) < 4.78 is 0. The SMILES string of the molecule is CC(NC(CN(C)C)C(C)C)c1ccccn1. The Morgan fingerprint density at radius 1 is 1.24 bits per heavy atom. The molecular formula is C14H25N3. The molecule has 0 radical (unpaired) electrons. The second kappa shape index (κ2) is 6.72. The second-order valence-corrected chi connectivity index (χ2v) is 5.26. The molecule has 0 amide bonds. The van der Waals surface area contributed by atoms with E-state index in [0.717, 1.165) is 12.2 Å². The number of likely N-dealkylation sites (N-methyl/N-ethyl adjacent to an activating group) is 1. The molecule has 0 saturated carbocycles. The number of nitrogens with one attached hydrogen (secondary N) is 1. The van der Waals surface area contributed by atoms with Crippen LogP contribution in [0.3, 0.4) is 0 Å². The van der Waals surface area contributed by atoms with Gasteiger partial charge < -0.3 is 10.2 Å². The monoisotopic (exact) mass is 235 g/mol. The van der Waals surface area contributed by atoms with E-state index >= 15 is 0 Å². The van der Waals surface area contributed by atoms with E-state index in [1.807, 2.05) is 18.3 Å². The summed E-state index contributed by atoms with van der Waals surface area (Å²) in [5.74, 6) is 0.614. The first-order valence-electron chi connectivity index (χ1n) is 6.32. The van der Waals surface area contributed by atoms with Gasteiger partial charge in [-0.1, -0.05) is 19.9 Å². The van der Waals surface area contributed by atoms with E-state index in [1.165, 1.54) is 0 Å². The van der Waals surface area contributed by atoms with Crippen LogP contribution in [0, 0.1) is 5.92 Å². The molecule has 1 rings (SSSR count). The molecule has 0 aromatic carbocycles. The van der Waals surface area contributed by atoms with Crippen LogP contribution in [-0.4, -0.2) is 36.6 Å². The molecule has 2 atom stereocenters. The maximum absolute atomic E-state index is 4.39. The van der Waals surface area contributed by atoms with Gasteiger partial charge in [0.15, 0.2) is 0 Å². The number of hydrogen-bond acceptors (Lipinski definition) is 3. The van der Waals surface area contributed by atoms with Crippen molar-refractivity contribution in [3.05, 3.63) is 30.1 Å². The minimum atomic E-state index is 0.295. The first-order valence-corrected chi connectivity index (χ1v) is 6.32. The van der Waals surface area contributed by atoms with Crippen molar-refractivity contribution in [1.29, 1.82) is 0 Å². The maximum Gasteiger partial charge on any atom is 0.0570 e. The molecule has 0 spiro atoms. The molecule has 1 aromatic heterocycles. The van der Waals surface area contributed by atoms with Crippen molar-refractivity contribution in [3.63, 3.8) is 0 Å². The Labute approximate surface area is 105 Å². The van der Waals surface area contributed by atoms with Crippen LogP contribution in [0.4, 0.5) is 0 Å². The van der Waals surface area contributed by atoms with Gasteiger partial charge in [-0.2, -0.15) is 0 Å². The highest BCUT2D eigenvalue weighted by molar-refractivity contribution is 5.08. The van der Waals surface area contributed by atoms with Gasteiger partial charge in [-0.3, -0.25) is 4.98 Å². The molecule has 3 nitrogen and oxygen atoms in total. The van der Waals surface area contributed by atoms with E-state index in [9.17, 15) is 0 Å². The number of nitrogens with zero attached hydrogens (tertiary/aromatic N) is 2. The van der Waals surface area contributed by atoms with Crippen molar-refractivity contribution in [2.75, 3.05) is 20.6 Å². The number of pyridine rings is 1. The Morgan fingerprint density at radius 2 is 1.94 bits per heavy atom. The summed E-state index contributed by atoms with van der Waals surface area (Å²) in [5, 5.41) is 3.66. The van der Waals surface area contributed by atoms with E-state index in [2.05, 4.69) is 56.1 Å².